The molecule has 2 aliphatic rings. The van der Waals surface area contributed by atoms with Gasteiger partial charge in [0.1, 0.15) is 0 Å². The third-order valence-electron chi connectivity index (χ3n) is 5.71. The van der Waals surface area contributed by atoms with Gasteiger partial charge in [0.2, 0.25) is 0 Å². The maximum Gasteiger partial charge on any atom is 0.0995 e. The maximum atomic E-state index is 4.87. The summed E-state index contributed by atoms with van der Waals surface area (Å²) in [5, 5.41) is 13.8. The van der Waals surface area contributed by atoms with Crippen molar-refractivity contribution in [2.24, 2.45) is 10.2 Å². The molecule has 6 rings (SSSR count). The molecule has 0 radical (unpaired) electrons. The quantitative estimate of drug-likeness (QED) is 0.391. The molecule has 0 saturated carbocycles. The minimum atomic E-state index is 1.00. The Kier molecular flexibility index (Phi) is 4.40. The van der Waals surface area contributed by atoms with Gasteiger partial charge in [-0.25, -0.2) is 10.0 Å². The Bertz CT molecular complexity index is 1260. The van der Waals surface area contributed by atoms with Crippen LogP contribution < -0.4 is 10.0 Å². The van der Waals surface area contributed by atoms with E-state index in [2.05, 4.69) is 60.7 Å². The summed E-state index contributed by atoms with van der Waals surface area (Å²) in [4.78, 5) is 0. The minimum Gasteiger partial charge on any atom is -0.231 e. The lowest BCUT2D eigenvalue weighted by molar-refractivity contribution is 1.04. The molecule has 152 valence electrons. The molecule has 4 nitrogen and oxygen atoms in total. The number of hydrogen-bond donors (Lipinski definition) is 0. The Morgan fingerprint density at radius 3 is 1.22 bits per heavy atom. The zero-order valence-corrected chi connectivity index (χ0v) is 17.3. The van der Waals surface area contributed by atoms with E-state index in [4.69, 9.17) is 10.2 Å². The van der Waals surface area contributed by atoms with Crippen molar-refractivity contribution < 1.29 is 0 Å². The third kappa shape index (κ3) is 3.01. The second-order valence-electron chi connectivity index (χ2n) is 7.66. The van der Waals surface area contributed by atoms with Gasteiger partial charge in [-0.15, -0.1) is 0 Å². The molecule has 0 amide bonds. The molecule has 0 aliphatic carbocycles. The third-order valence-corrected chi connectivity index (χ3v) is 5.71. The molecule has 0 saturated heterocycles. The van der Waals surface area contributed by atoms with Crippen molar-refractivity contribution in [3.05, 3.63) is 131 Å². The second kappa shape index (κ2) is 7.67. The van der Waals surface area contributed by atoms with Crippen molar-refractivity contribution in [2.45, 2.75) is 0 Å². The number of rotatable bonds is 2. The van der Waals surface area contributed by atoms with E-state index in [9.17, 15) is 0 Å². The summed E-state index contributed by atoms with van der Waals surface area (Å²) in [7, 11) is 0. The molecule has 32 heavy (non-hydrogen) atoms. The van der Waals surface area contributed by atoms with E-state index >= 15 is 0 Å². The predicted molar refractivity (Wildman–Crippen MR) is 133 cm³/mol. The number of nitrogens with zero attached hydrogens (tertiary/aromatic N) is 4. The van der Waals surface area contributed by atoms with Crippen LogP contribution in [0.5, 0.6) is 0 Å². The Morgan fingerprint density at radius 2 is 0.781 bits per heavy atom. The van der Waals surface area contributed by atoms with Crippen molar-refractivity contribution in [2.75, 3.05) is 10.0 Å². The van der Waals surface area contributed by atoms with Gasteiger partial charge in [0.15, 0.2) is 0 Å². The molecule has 0 bridgehead atoms. The molecular formula is C28H20N4. The first-order valence-electron chi connectivity index (χ1n) is 10.6. The van der Waals surface area contributed by atoms with Crippen molar-refractivity contribution in [3.63, 3.8) is 0 Å². The Hall–Kier alpha value is -4.44. The molecule has 4 aromatic rings. The van der Waals surface area contributed by atoms with Gasteiger partial charge in [-0.05, 0) is 24.3 Å². The van der Waals surface area contributed by atoms with Gasteiger partial charge in [0.25, 0.3) is 0 Å². The lowest BCUT2D eigenvalue weighted by Crippen LogP contribution is -2.28. The molecule has 0 aromatic heterocycles. The number of fused-ring (bicyclic) bond motifs is 2. The van der Waals surface area contributed by atoms with Gasteiger partial charge in [-0.3, -0.25) is 0 Å². The summed E-state index contributed by atoms with van der Waals surface area (Å²) in [6.45, 7) is 0. The van der Waals surface area contributed by atoms with Gasteiger partial charge < -0.3 is 0 Å². The molecular weight excluding hydrogens is 392 g/mol. The van der Waals surface area contributed by atoms with Crippen LogP contribution in [0.25, 0.3) is 11.4 Å². The summed E-state index contributed by atoms with van der Waals surface area (Å²) < 4.78 is 0. The van der Waals surface area contributed by atoms with Crippen LogP contribution in [-0.2, 0) is 0 Å². The average Bonchev–Trinajstić information content (AvgIpc) is 2.88. The van der Waals surface area contributed by atoms with Crippen molar-refractivity contribution >= 4 is 35.2 Å². The maximum absolute atomic E-state index is 4.87. The monoisotopic (exact) mass is 412 g/mol. The zero-order chi connectivity index (χ0) is 21.3. The standard InChI is InChI=1S/C28H20N4/c1-3-13-23(14-4-1)31-27(25-17-9-7-11-21(25)19-29-31)28-26-18-10-8-12-22(26)20-30-32(28)24-15-5-2-6-16-24/h1-20H. The van der Waals surface area contributed by atoms with Crippen LogP contribution in [0.4, 0.5) is 11.4 Å². The highest BCUT2D eigenvalue weighted by atomic mass is 15.5. The van der Waals surface area contributed by atoms with E-state index in [1.807, 2.05) is 71.0 Å². The largest absolute Gasteiger partial charge is 0.231 e. The smallest absolute Gasteiger partial charge is 0.0995 e. The number of benzene rings is 4. The van der Waals surface area contributed by atoms with Crippen LogP contribution in [-0.4, -0.2) is 12.4 Å². The Morgan fingerprint density at radius 1 is 0.406 bits per heavy atom. The van der Waals surface area contributed by atoms with Crippen molar-refractivity contribution in [1.82, 2.24) is 0 Å². The molecule has 0 N–H and O–H groups in total. The highest BCUT2D eigenvalue weighted by molar-refractivity contribution is 6.11. The Labute approximate surface area is 187 Å². The second-order valence-corrected chi connectivity index (χ2v) is 7.66. The molecule has 0 unspecified atom stereocenters. The fourth-order valence-electron chi connectivity index (χ4n) is 4.22. The first-order chi connectivity index (χ1) is 15.9. The highest BCUT2D eigenvalue weighted by Gasteiger charge is 2.30. The summed E-state index contributed by atoms with van der Waals surface area (Å²) in [5.74, 6) is 0. The first kappa shape index (κ1) is 18.3. The molecule has 0 atom stereocenters. The van der Waals surface area contributed by atoms with Crippen molar-refractivity contribution in [1.29, 1.82) is 0 Å². The van der Waals surface area contributed by atoms with Gasteiger partial charge in [0, 0.05) is 22.3 Å². The number of anilines is 2. The van der Waals surface area contributed by atoms with E-state index in [1.165, 1.54) is 0 Å². The Balaban J connectivity index is 1.70. The van der Waals surface area contributed by atoms with Crippen LogP contribution in [0.2, 0.25) is 0 Å². The van der Waals surface area contributed by atoms with Gasteiger partial charge >= 0.3 is 0 Å². The van der Waals surface area contributed by atoms with Crippen LogP contribution >= 0.6 is 0 Å². The van der Waals surface area contributed by atoms with Gasteiger partial charge in [0.05, 0.1) is 35.2 Å². The number of para-hydroxylation sites is 2. The van der Waals surface area contributed by atoms with Gasteiger partial charge in [-0.2, -0.15) is 10.2 Å². The summed E-state index contributed by atoms with van der Waals surface area (Å²) in [5.41, 5.74) is 8.42. The van der Waals surface area contributed by atoms with E-state index in [0.29, 0.717) is 0 Å². The average molecular weight is 412 g/mol. The predicted octanol–water partition coefficient (Wildman–Crippen LogP) is 6.22. The van der Waals surface area contributed by atoms with Crippen molar-refractivity contribution in [3.8, 4) is 0 Å². The van der Waals surface area contributed by atoms with Gasteiger partial charge in [-0.1, -0.05) is 84.9 Å². The SMILES string of the molecule is C1=NN(c2ccccc2)C(=C2c3ccccc3C=NN2c2ccccc2)c2ccccc21. The van der Waals surface area contributed by atoms with Crippen LogP contribution in [0, 0.1) is 0 Å². The molecule has 4 heteroatoms. The summed E-state index contributed by atoms with van der Waals surface area (Å²) in [6.07, 6.45) is 3.86. The molecule has 0 fully saturated rings. The lowest BCUT2D eigenvalue weighted by atomic mass is 9.95. The van der Waals surface area contributed by atoms with Crippen LogP contribution in [0.15, 0.2) is 119 Å². The highest BCUT2D eigenvalue weighted by Crippen LogP contribution is 2.42. The summed E-state index contributed by atoms with van der Waals surface area (Å²) >= 11 is 0. The van der Waals surface area contributed by atoms with E-state index in [-0.39, 0.29) is 0 Å². The minimum absolute atomic E-state index is 1.00. The summed E-state index contributed by atoms with van der Waals surface area (Å²) in [6, 6.07) is 37.3. The number of hydrazone groups is 2. The van der Waals surface area contributed by atoms with E-state index < -0.39 is 0 Å². The first-order valence-corrected chi connectivity index (χ1v) is 10.6. The molecule has 2 heterocycles. The zero-order valence-electron chi connectivity index (χ0n) is 17.3. The molecule has 2 aliphatic heterocycles. The topological polar surface area (TPSA) is 31.2 Å². The molecule has 0 spiro atoms. The number of hydrogen-bond acceptors (Lipinski definition) is 4. The normalized spacial score (nSPS) is 16.6. The van der Waals surface area contributed by atoms with E-state index in [1.54, 1.807) is 0 Å². The lowest BCUT2D eigenvalue weighted by Gasteiger charge is -2.35. The fourth-order valence-corrected chi connectivity index (χ4v) is 4.22. The molecule has 4 aromatic carbocycles. The fraction of sp³-hybridized carbons (Fsp3) is 0. The van der Waals surface area contributed by atoms with Crippen LogP contribution in [0.3, 0.4) is 0 Å². The van der Waals surface area contributed by atoms with Crippen LogP contribution in [0.1, 0.15) is 22.3 Å². The van der Waals surface area contributed by atoms with E-state index in [0.717, 1.165) is 45.0 Å².